The fourth-order valence-electron chi connectivity index (χ4n) is 2.80. The molecule has 1 unspecified atom stereocenters. The van der Waals surface area contributed by atoms with Gasteiger partial charge in [-0.1, -0.05) is 38.1 Å². The smallest absolute Gasteiger partial charge is 0.0644 e. The van der Waals surface area contributed by atoms with Gasteiger partial charge in [-0.15, -0.1) is 0 Å². The van der Waals surface area contributed by atoms with E-state index in [0.717, 1.165) is 25.0 Å². The number of hydrogen-bond donors (Lipinski definition) is 2. The summed E-state index contributed by atoms with van der Waals surface area (Å²) < 4.78 is 2.08. The molecule has 2 rings (SSSR count). The van der Waals surface area contributed by atoms with Gasteiger partial charge < -0.3 is 0 Å². The first-order valence-electron chi connectivity index (χ1n) is 7.75. The van der Waals surface area contributed by atoms with Gasteiger partial charge in [-0.05, 0) is 37.0 Å². The molecule has 1 aromatic carbocycles. The first-order valence-corrected chi connectivity index (χ1v) is 7.75. The maximum atomic E-state index is 5.76. The van der Waals surface area contributed by atoms with Crippen LogP contribution in [-0.4, -0.2) is 9.78 Å². The summed E-state index contributed by atoms with van der Waals surface area (Å²) in [5.41, 5.74) is 6.49. The predicted octanol–water partition coefficient (Wildman–Crippen LogP) is 3.30. The van der Waals surface area contributed by atoms with E-state index in [0.29, 0.717) is 6.04 Å². The van der Waals surface area contributed by atoms with Crippen LogP contribution in [0.3, 0.4) is 0 Å². The zero-order valence-corrected chi connectivity index (χ0v) is 13.2. The molecule has 0 spiro atoms. The SMILES string of the molecule is CCC(CC)n1ccc(CC(NN)c2ccccc2C)n1. The van der Waals surface area contributed by atoms with E-state index in [2.05, 4.69) is 61.3 Å². The third-order valence-corrected chi connectivity index (χ3v) is 4.16. The molecule has 4 nitrogen and oxygen atoms in total. The summed E-state index contributed by atoms with van der Waals surface area (Å²) in [5.74, 6) is 5.76. The molecule has 0 aliphatic heterocycles. The van der Waals surface area contributed by atoms with Crippen molar-refractivity contribution in [2.45, 2.75) is 52.1 Å². The van der Waals surface area contributed by atoms with Crippen LogP contribution in [-0.2, 0) is 6.42 Å². The Balaban J connectivity index is 2.14. The van der Waals surface area contributed by atoms with Crippen molar-refractivity contribution in [3.8, 4) is 0 Å². The average Bonchev–Trinajstić information content (AvgIpc) is 2.95. The minimum Gasteiger partial charge on any atom is -0.271 e. The molecule has 1 atom stereocenters. The minimum absolute atomic E-state index is 0.0938. The fraction of sp³-hybridized carbons (Fsp3) is 0.471. The molecule has 21 heavy (non-hydrogen) atoms. The average molecular weight is 286 g/mol. The van der Waals surface area contributed by atoms with Gasteiger partial charge in [-0.25, -0.2) is 0 Å². The second-order valence-electron chi connectivity index (χ2n) is 5.54. The van der Waals surface area contributed by atoms with E-state index < -0.39 is 0 Å². The normalized spacial score (nSPS) is 12.8. The molecule has 0 saturated carbocycles. The van der Waals surface area contributed by atoms with Crippen LogP contribution in [0.15, 0.2) is 36.5 Å². The molecular formula is C17H26N4. The van der Waals surface area contributed by atoms with Gasteiger partial charge in [0.2, 0.25) is 0 Å². The number of aromatic nitrogens is 2. The Hall–Kier alpha value is -1.65. The lowest BCUT2D eigenvalue weighted by molar-refractivity contribution is 0.422. The van der Waals surface area contributed by atoms with Gasteiger partial charge in [-0.2, -0.15) is 5.10 Å². The monoisotopic (exact) mass is 286 g/mol. The summed E-state index contributed by atoms with van der Waals surface area (Å²) in [4.78, 5) is 0. The Morgan fingerprint density at radius 2 is 1.90 bits per heavy atom. The molecule has 1 heterocycles. The first kappa shape index (κ1) is 15.7. The number of nitrogens with zero attached hydrogens (tertiary/aromatic N) is 2. The topological polar surface area (TPSA) is 55.9 Å². The lowest BCUT2D eigenvalue weighted by atomic mass is 9.98. The van der Waals surface area contributed by atoms with E-state index in [9.17, 15) is 0 Å². The van der Waals surface area contributed by atoms with Gasteiger partial charge in [0.05, 0.1) is 17.8 Å². The second kappa shape index (κ2) is 7.38. The highest BCUT2D eigenvalue weighted by Gasteiger charge is 2.15. The lowest BCUT2D eigenvalue weighted by Gasteiger charge is -2.17. The summed E-state index contributed by atoms with van der Waals surface area (Å²) in [6.45, 7) is 6.52. The molecule has 114 valence electrons. The molecule has 0 amide bonds. The largest absolute Gasteiger partial charge is 0.271 e. The van der Waals surface area contributed by atoms with Gasteiger partial charge in [0.25, 0.3) is 0 Å². The predicted molar refractivity (Wildman–Crippen MR) is 86.8 cm³/mol. The number of rotatable bonds is 7. The number of benzene rings is 1. The van der Waals surface area contributed by atoms with E-state index in [1.807, 2.05) is 6.07 Å². The summed E-state index contributed by atoms with van der Waals surface area (Å²) in [6.07, 6.45) is 5.09. The van der Waals surface area contributed by atoms with E-state index in [4.69, 9.17) is 10.9 Å². The maximum absolute atomic E-state index is 5.76. The summed E-state index contributed by atoms with van der Waals surface area (Å²) in [6, 6.07) is 11.0. The molecular weight excluding hydrogens is 260 g/mol. The zero-order valence-electron chi connectivity index (χ0n) is 13.2. The van der Waals surface area contributed by atoms with Crippen molar-refractivity contribution < 1.29 is 0 Å². The fourth-order valence-corrected chi connectivity index (χ4v) is 2.80. The highest BCUT2D eigenvalue weighted by molar-refractivity contribution is 5.29. The van der Waals surface area contributed by atoms with Gasteiger partial charge in [0.1, 0.15) is 0 Å². The molecule has 0 radical (unpaired) electrons. The zero-order chi connectivity index (χ0) is 15.2. The van der Waals surface area contributed by atoms with Crippen LogP contribution in [0.2, 0.25) is 0 Å². The third-order valence-electron chi connectivity index (χ3n) is 4.16. The molecule has 0 fully saturated rings. The molecule has 4 heteroatoms. The van der Waals surface area contributed by atoms with Crippen LogP contribution in [0.1, 0.15) is 55.6 Å². The highest BCUT2D eigenvalue weighted by atomic mass is 15.3. The summed E-state index contributed by atoms with van der Waals surface area (Å²) in [5, 5.41) is 4.72. The Labute approximate surface area is 127 Å². The van der Waals surface area contributed by atoms with Crippen molar-refractivity contribution >= 4 is 0 Å². The number of nitrogens with one attached hydrogen (secondary N) is 1. The lowest BCUT2D eigenvalue weighted by Crippen LogP contribution is -2.30. The van der Waals surface area contributed by atoms with Gasteiger partial charge in [0, 0.05) is 12.6 Å². The number of hydrogen-bond acceptors (Lipinski definition) is 3. The van der Waals surface area contributed by atoms with Crippen molar-refractivity contribution in [1.29, 1.82) is 0 Å². The number of hydrazine groups is 1. The second-order valence-corrected chi connectivity index (χ2v) is 5.54. The first-order chi connectivity index (χ1) is 10.2. The highest BCUT2D eigenvalue weighted by Crippen LogP contribution is 2.21. The van der Waals surface area contributed by atoms with Crippen LogP contribution in [0, 0.1) is 6.92 Å². The van der Waals surface area contributed by atoms with Crippen LogP contribution in [0.5, 0.6) is 0 Å². The van der Waals surface area contributed by atoms with Crippen LogP contribution < -0.4 is 11.3 Å². The quantitative estimate of drug-likeness (QED) is 0.606. The Kier molecular flexibility index (Phi) is 5.53. The summed E-state index contributed by atoms with van der Waals surface area (Å²) >= 11 is 0. The molecule has 0 saturated heterocycles. The van der Waals surface area contributed by atoms with Crippen LogP contribution in [0.4, 0.5) is 0 Å². The van der Waals surface area contributed by atoms with E-state index in [1.54, 1.807) is 0 Å². The summed E-state index contributed by atoms with van der Waals surface area (Å²) in [7, 11) is 0. The van der Waals surface area contributed by atoms with Crippen molar-refractivity contribution in [2.75, 3.05) is 0 Å². The number of aryl methyl sites for hydroxylation is 1. The van der Waals surface area contributed by atoms with Crippen molar-refractivity contribution in [2.24, 2.45) is 5.84 Å². The van der Waals surface area contributed by atoms with Crippen molar-refractivity contribution in [3.05, 3.63) is 53.3 Å². The minimum atomic E-state index is 0.0938. The van der Waals surface area contributed by atoms with E-state index in [1.165, 1.54) is 11.1 Å². The van der Waals surface area contributed by atoms with E-state index >= 15 is 0 Å². The van der Waals surface area contributed by atoms with Gasteiger partial charge >= 0.3 is 0 Å². The maximum Gasteiger partial charge on any atom is 0.0644 e. The van der Waals surface area contributed by atoms with Crippen molar-refractivity contribution in [3.63, 3.8) is 0 Å². The van der Waals surface area contributed by atoms with Gasteiger partial charge in [-0.3, -0.25) is 16.0 Å². The van der Waals surface area contributed by atoms with E-state index in [-0.39, 0.29) is 6.04 Å². The molecule has 2 aromatic rings. The molecule has 0 aliphatic rings. The van der Waals surface area contributed by atoms with Crippen LogP contribution in [0.25, 0.3) is 0 Å². The molecule has 1 aromatic heterocycles. The molecule has 0 aliphatic carbocycles. The van der Waals surface area contributed by atoms with Crippen LogP contribution >= 0.6 is 0 Å². The molecule has 3 N–H and O–H groups in total. The number of nitrogens with two attached hydrogens (primary N) is 1. The van der Waals surface area contributed by atoms with Gasteiger partial charge in [0.15, 0.2) is 0 Å². The van der Waals surface area contributed by atoms with Crippen molar-refractivity contribution in [1.82, 2.24) is 15.2 Å². The molecule has 0 bridgehead atoms. The Morgan fingerprint density at radius 3 is 2.52 bits per heavy atom. The Morgan fingerprint density at radius 1 is 1.19 bits per heavy atom. The standard InChI is InChI=1S/C17H26N4/c1-4-15(5-2)21-11-10-14(20-21)12-17(19-18)16-9-7-6-8-13(16)3/h6-11,15,17,19H,4-5,12,18H2,1-3H3. The Bertz CT molecular complexity index is 557. The third kappa shape index (κ3) is 3.71.